The van der Waals surface area contributed by atoms with Crippen molar-refractivity contribution in [1.29, 1.82) is 0 Å². The van der Waals surface area contributed by atoms with Gasteiger partial charge in [-0.25, -0.2) is 0 Å². The third kappa shape index (κ3) is 4.29. The van der Waals surface area contributed by atoms with Gasteiger partial charge in [0.15, 0.2) is 5.82 Å². The number of nitrogens with one attached hydrogen (secondary N) is 1. The van der Waals surface area contributed by atoms with E-state index in [0.29, 0.717) is 18.4 Å². The Bertz CT molecular complexity index is 477. The van der Waals surface area contributed by atoms with Crippen LogP contribution in [0.4, 0.5) is 0 Å². The van der Waals surface area contributed by atoms with E-state index in [4.69, 9.17) is 0 Å². The molecule has 0 unspecified atom stereocenters. The topological polar surface area (TPSA) is 63.1 Å². The summed E-state index contributed by atoms with van der Waals surface area (Å²) in [7, 11) is 0. The average molecular weight is 307 g/mol. The van der Waals surface area contributed by atoms with Crippen LogP contribution in [0.5, 0.6) is 0 Å². The van der Waals surface area contributed by atoms with Gasteiger partial charge in [0, 0.05) is 12.5 Å². The van der Waals surface area contributed by atoms with E-state index in [-0.39, 0.29) is 11.9 Å². The minimum absolute atomic E-state index is 0.104. The molecule has 6 nitrogen and oxygen atoms in total. The summed E-state index contributed by atoms with van der Waals surface area (Å²) in [5.74, 6) is 1.46. The number of hydrogen-bond donors (Lipinski definition) is 1. The fourth-order valence-corrected chi connectivity index (χ4v) is 3.09. The van der Waals surface area contributed by atoms with Gasteiger partial charge in [-0.15, -0.1) is 10.2 Å². The molecule has 1 aliphatic rings. The molecule has 0 aliphatic carbocycles. The molecule has 1 saturated heterocycles. The molecule has 124 valence electrons. The molecule has 1 amide bonds. The van der Waals surface area contributed by atoms with Gasteiger partial charge < -0.3 is 14.8 Å². The van der Waals surface area contributed by atoms with Crippen LogP contribution in [-0.2, 0) is 4.79 Å². The number of piperidine rings is 1. The van der Waals surface area contributed by atoms with Crippen LogP contribution in [-0.4, -0.2) is 45.2 Å². The van der Waals surface area contributed by atoms with E-state index in [2.05, 4.69) is 41.2 Å². The second kappa shape index (κ2) is 7.72. The molecule has 0 saturated carbocycles. The van der Waals surface area contributed by atoms with Crippen LogP contribution in [0.25, 0.3) is 0 Å². The molecule has 2 heterocycles. The first-order valence-corrected chi connectivity index (χ1v) is 8.42. The van der Waals surface area contributed by atoms with Crippen LogP contribution in [0, 0.1) is 5.92 Å². The number of hydrogen-bond acceptors (Lipinski definition) is 4. The normalized spacial score (nSPS) is 18.6. The van der Waals surface area contributed by atoms with E-state index in [1.165, 1.54) is 0 Å². The summed E-state index contributed by atoms with van der Waals surface area (Å²) >= 11 is 0. The van der Waals surface area contributed by atoms with E-state index in [1.807, 2.05) is 11.5 Å². The van der Waals surface area contributed by atoms with Gasteiger partial charge in [0.05, 0.1) is 6.04 Å². The summed E-state index contributed by atoms with van der Waals surface area (Å²) in [6.07, 6.45) is 4.59. The third-order valence-corrected chi connectivity index (χ3v) is 4.55. The predicted molar refractivity (Wildman–Crippen MR) is 86.4 cm³/mol. The van der Waals surface area contributed by atoms with Gasteiger partial charge in [0.2, 0.25) is 5.91 Å². The molecule has 0 bridgehead atoms. The lowest BCUT2D eigenvalue weighted by molar-refractivity contribution is -0.123. The lowest BCUT2D eigenvalue weighted by atomic mass is 9.93. The number of carbonyl (C=O) groups excluding carboxylic acids is 1. The van der Waals surface area contributed by atoms with Crippen LogP contribution in [0.2, 0.25) is 0 Å². The van der Waals surface area contributed by atoms with Crippen molar-refractivity contribution < 1.29 is 4.79 Å². The van der Waals surface area contributed by atoms with Gasteiger partial charge in [-0.05, 0) is 59.2 Å². The highest BCUT2D eigenvalue weighted by molar-refractivity contribution is 5.76. The highest BCUT2D eigenvalue weighted by atomic mass is 16.1. The van der Waals surface area contributed by atoms with E-state index >= 15 is 0 Å². The van der Waals surface area contributed by atoms with E-state index < -0.39 is 0 Å². The van der Waals surface area contributed by atoms with E-state index in [9.17, 15) is 4.79 Å². The molecule has 0 spiro atoms. The molecule has 0 radical (unpaired) electrons. The van der Waals surface area contributed by atoms with Crippen LogP contribution in [0.15, 0.2) is 6.33 Å². The van der Waals surface area contributed by atoms with Gasteiger partial charge in [0.25, 0.3) is 0 Å². The molecule has 0 aromatic carbocycles. The summed E-state index contributed by atoms with van der Waals surface area (Å²) in [6, 6.07) is 0.191. The van der Waals surface area contributed by atoms with Crippen molar-refractivity contribution in [3.05, 3.63) is 12.2 Å². The molecule has 2 rings (SSSR count). The Morgan fingerprint density at radius 1 is 1.36 bits per heavy atom. The molecule has 6 heteroatoms. The van der Waals surface area contributed by atoms with Crippen molar-refractivity contribution in [2.75, 3.05) is 19.6 Å². The van der Waals surface area contributed by atoms with Crippen molar-refractivity contribution in [2.45, 2.75) is 59.0 Å². The van der Waals surface area contributed by atoms with Crippen molar-refractivity contribution in [2.24, 2.45) is 5.92 Å². The standard InChI is InChI=1S/C16H29N5O/c1-5-20-8-6-14(7-9-20)10-15(22)18-13(4)16-19-17-11-21(16)12(2)3/h11-14H,5-10H2,1-4H3,(H,18,22)/t13-/m0/s1. The minimum Gasteiger partial charge on any atom is -0.346 e. The van der Waals surface area contributed by atoms with Crippen LogP contribution >= 0.6 is 0 Å². The first-order chi connectivity index (χ1) is 10.5. The molecule has 1 fully saturated rings. The van der Waals surface area contributed by atoms with Gasteiger partial charge in [-0.2, -0.15) is 0 Å². The summed E-state index contributed by atoms with van der Waals surface area (Å²) in [5, 5.41) is 11.2. The van der Waals surface area contributed by atoms with Gasteiger partial charge >= 0.3 is 0 Å². The SMILES string of the molecule is CCN1CCC(CC(=O)N[C@@H](C)c2nncn2C(C)C)CC1. The fraction of sp³-hybridized carbons (Fsp3) is 0.812. The molecule has 1 aromatic rings. The molecule has 1 N–H and O–H groups in total. The fourth-order valence-electron chi connectivity index (χ4n) is 3.09. The maximum Gasteiger partial charge on any atom is 0.220 e. The maximum atomic E-state index is 12.3. The maximum absolute atomic E-state index is 12.3. The Hall–Kier alpha value is -1.43. The zero-order valence-electron chi connectivity index (χ0n) is 14.2. The zero-order chi connectivity index (χ0) is 16.1. The molecule has 22 heavy (non-hydrogen) atoms. The monoisotopic (exact) mass is 307 g/mol. The second-order valence-electron chi connectivity index (χ2n) is 6.56. The Morgan fingerprint density at radius 2 is 2.05 bits per heavy atom. The summed E-state index contributed by atoms with van der Waals surface area (Å²) in [6.45, 7) is 11.7. The van der Waals surface area contributed by atoms with Crippen LogP contribution in [0.1, 0.15) is 64.9 Å². The van der Waals surface area contributed by atoms with Gasteiger partial charge in [-0.3, -0.25) is 4.79 Å². The molecular formula is C16H29N5O. The first-order valence-electron chi connectivity index (χ1n) is 8.42. The Kier molecular flexibility index (Phi) is 5.94. The minimum atomic E-state index is -0.104. The Labute approximate surface area is 133 Å². The largest absolute Gasteiger partial charge is 0.346 e. The van der Waals surface area contributed by atoms with Crippen molar-refractivity contribution in [1.82, 2.24) is 25.0 Å². The van der Waals surface area contributed by atoms with E-state index in [0.717, 1.165) is 38.3 Å². The van der Waals surface area contributed by atoms with Gasteiger partial charge in [-0.1, -0.05) is 6.92 Å². The second-order valence-corrected chi connectivity index (χ2v) is 6.56. The Morgan fingerprint density at radius 3 is 2.64 bits per heavy atom. The Balaban J connectivity index is 1.83. The zero-order valence-corrected chi connectivity index (χ0v) is 14.2. The quantitative estimate of drug-likeness (QED) is 0.875. The average Bonchev–Trinajstić information content (AvgIpc) is 2.97. The summed E-state index contributed by atoms with van der Waals surface area (Å²) in [4.78, 5) is 14.7. The highest BCUT2D eigenvalue weighted by Gasteiger charge is 2.22. The molecule has 1 aromatic heterocycles. The van der Waals surface area contributed by atoms with Crippen LogP contribution < -0.4 is 5.32 Å². The molecule has 1 aliphatic heterocycles. The number of amides is 1. The summed E-state index contributed by atoms with van der Waals surface area (Å²) < 4.78 is 2.00. The first kappa shape index (κ1) is 16.9. The number of likely N-dealkylation sites (tertiary alicyclic amines) is 1. The van der Waals surface area contributed by atoms with Crippen LogP contribution in [0.3, 0.4) is 0 Å². The smallest absolute Gasteiger partial charge is 0.220 e. The number of aromatic nitrogens is 3. The van der Waals surface area contributed by atoms with Crippen molar-refractivity contribution in [3.63, 3.8) is 0 Å². The van der Waals surface area contributed by atoms with Crippen molar-refractivity contribution in [3.8, 4) is 0 Å². The number of rotatable bonds is 6. The lowest BCUT2D eigenvalue weighted by Gasteiger charge is -2.30. The van der Waals surface area contributed by atoms with E-state index in [1.54, 1.807) is 6.33 Å². The summed E-state index contributed by atoms with van der Waals surface area (Å²) in [5.41, 5.74) is 0. The molecular weight excluding hydrogens is 278 g/mol. The predicted octanol–water partition coefficient (Wildman–Crippen LogP) is 2.16. The third-order valence-electron chi connectivity index (χ3n) is 4.55. The van der Waals surface area contributed by atoms with Gasteiger partial charge in [0.1, 0.15) is 6.33 Å². The number of carbonyl (C=O) groups is 1. The van der Waals surface area contributed by atoms with Crippen molar-refractivity contribution >= 4 is 5.91 Å². The highest BCUT2D eigenvalue weighted by Crippen LogP contribution is 2.21. The lowest BCUT2D eigenvalue weighted by Crippen LogP contribution is -2.36. The number of nitrogens with zero attached hydrogens (tertiary/aromatic N) is 4. The molecule has 1 atom stereocenters.